The summed E-state index contributed by atoms with van der Waals surface area (Å²) < 4.78 is 55.1. The van der Waals surface area contributed by atoms with Gasteiger partial charge in [-0.3, -0.25) is 13.6 Å². The van der Waals surface area contributed by atoms with Crippen LogP contribution in [0.4, 0.5) is 0 Å². The second-order valence-electron chi connectivity index (χ2n) is 6.57. The molecule has 0 bridgehead atoms. The van der Waals surface area contributed by atoms with Crippen molar-refractivity contribution in [3.8, 4) is 11.5 Å². The zero-order valence-corrected chi connectivity index (χ0v) is 20.1. The van der Waals surface area contributed by atoms with E-state index in [2.05, 4.69) is 0 Å². The first-order chi connectivity index (χ1) is 15.9. The van der Waals surface area contributed by atoms with Crippen LogP contribution in [0.2, 0.25) is 10.0 Å². The Balaban J connectivity index is 1.17. The van der Waals surface area contributed by atoms with Crippen molar-refractivity contribution in [1.29, 1.82) is 0 Å². The summed E-state index contributed by atoms with van der Waals surface area (Å²) in [6.45, 7) is -0.254. The Bertz CT molecular complexity index is 1020. The predicted molar refractivity (Wildman–Crippen MR) is 117 cm³/mol. The van der Waals surface area contributed by atoms with Crippen molar-refractivity contribution in [1.82, 2.24) is 0 Å². The van der Waals surface area contributed by atoms with Crippen LogP contribution < -0.4 is 9.05 Å². The minimum absolute atomic E-state index is 0.0637. The number of carbonyl (C=O) groups excluding carboxylic acids is 1. The van der Waals surface area contributed by atoms with Crippen LogP contribution in [-0.4, -0.2) is 44.8 Å². The SMILES string of the molecule is O=C1OP(=O)(Oc2ccccc2Cl)OCC1OCOC1COP(Oc2ccccc2Cl)OC1. The summed E-state index contributed by atoms with van der Waals surface area (Å²) in [5.74, 6) is -0.388. The molecule has 2 aromatic carbocycles. The monoisotopic (exact) mass is 538 g/mol. The summed E-state index contributed by atoms with van der Waals surface area (Å²) in [5.41, 5.74) is 0. The summed E-state index contributed by atoms with van der Waals surface area (Å²) in [6.07, 6.45) is -1.60. The molecule has 0 N–H and O–H groups in total. The van der Waals surface area contributed by atoms with Gasteiger partial charge < -0.3 is 23.0 Å². The third kappa shape index (κ3) is 6.79. The lowest BCUT2D eigenvalue weighted by atomic mass is 10.3. The lowest BCUT2D eigenvalue weighted by Gasteiger charge is -2.29. The van der Waals surface area contributed by atoms with Crippen molar-refractivity contribution < 1.29 is 46.0 Å². The van der Waals surface area contributed by atoms with Gasteiger partial charge in [-0.15, -0.1) is 0 Å². The minimum atomic E-state index is -4.17. The van der Waals surface area contributed by atoms with Gasteiger partial charge in [-0.05, 0) is 24.3 Å². The molecule has 2 heterocycles. The second-order valence-corrected chi connectivity index (χ2v) is 10.1. The quantitative estimate of drug-likeness (QED) is 0.331. The van der Waals surface area contributed by atoms with Crippen LogP contribution in [0.15, 0.2) is 48.5 Å². The molecule has 178 valence electrons. The molecule has 2 saturated heterocycles. The van der Waals surface area contributed by atoms with Crippen LogP contribution in [0.3, 0.4) is 0 Å². The van der Waals surface area contributed by atoms with Crippen molar-refractivity contribution in [2.24, 2.45) is 0 Å². The smallest absolute Gasteiger partial charge is 0.425 e. The molecule has 2 atom stereocenters. The van der Waals surface area contributed by atoms with Crippen molar-refractivity contribution in [2.75, 3.05) is 26.6 Å². The van der Waals surface area contributed by atoms with E-state index in [1.165, 1.54) is 12.1 Å². The number of ether oxygens (including phenoxy) is 2. The number of halogens is 2. The standard InChI is InChI=1S/C19H18Cl2O10P2/c20-14-5-1-3-7-16(14)29-32-26-9-13(10-27-32)24-12-25-18-11-28-33(23,31-19(18)22)30-17-8-4-2-6-15(17)21/h1-8,13,18H,9-12H2. The van der Waals surface area contributed by atoms with E-state index in [1.807, 2.05) is 0 Å². The fourth-order valence-corrected chi connectivity index (χ4v) is 5.29. The number of phosphoric ester groups is 1. The second kappa shape index (κ2) is 11.3. The number of hydrogen-bond donors (Lipinski definition) is 0. The van der Waals surface area contributed by atoms with Crippen LogP contribution in [-0.2, 0) is 36.9 Å². The van der Waals surface area contributed by atoms with Crippen molar-refractivity contribution in [3.05, 3.63) is 58.6 Å². The van der Waals surface area contributed by atoms with Gasteiger partial charge >= 0.3 is 22.4 Å². The molecule has 0 spiro atoms. The molecule has 33 heavy (non-hydrogen) atoms. The highest BCUT2D eigenvalue weighted by atomic mass is 35.5. The maximum Gasteiger partial charge on any atom is 0.590 e. The first-order valence-corrected chi connectivity index (χ1v) is 12.9. The largest absolute Gasteiger partial charge is 0.590 e. The first-order valence-electron chi connectivity index (χ1n) is 9.56. The van der Waals surface area contributed by atoms with E-state index in [-0.39, 0.29) is 37.4 Å². The molecule has 0 aromatic heterocycles. The lowest BCUT2D eigenvalue weighted by molar-refractivity contribution is -0.180. The number of rotatable bonds is 8. The number of carbonyl (C=O) groups is 1. The predicted octanol–water partition coefficient (Wildman–Crippen LogP) is 5.13. The Kier molecular flexibility index (Phi) is 8.46. The van der Waals surface area contributed by atoms with Gasteiger partial charge in [0, 0.05) is 0 Å². The Labute approximate surface area is 200 Å². The average molecular weight is 539 g/mol. The molecule has 2 fully saturated rings. The summed E-state index contributed by atoms with van der Waals surface area (Å²) in [6, 6.07) is 13.3. The van der Waals surface area contributed by atoms with E-state index in [0.29, 0.717) is 10.8 Å². The molecular formula is C19H18Cl2O10P2. The van der Waals surface area contributed by atoms with Crippen LogP contribution in [0.5, 0.6) is 11.5 Å². The van der Waals surface area contributed by atoms with E-state index in [4.69, 9.17) is 59.8 Å². The molecule has 14 heteroatoms. The molecule has 0 amide bonds. The van der Waals surface area contributed by atoms with Gasteiger partial charge in [-0.1, -0.05) is 47.5 Å². The van der Waals surface area contributed by atoms with Crippen molar-refractivity contribution in [2.45, 2.75) is 12.2 Å². The van der Waals surface area contributed by atoms with Gasteiger partial charge in [0.25, 0.3) is 0 Å². The number of hydrogen-bond acceptors (Lipinski definition) is 10. The number of benzene rings is 2. The van der Waals surface area contributed by atoms with Crippen LogP contribution in [0, 0.1) is 0 Å². The van der Waals surface area contributed by atoms with Crippen molar-refractivity contribution in [3.63, 3.8) is 0 Å². The maximum absolute atomic E-state index is 12.5. The maximum atomic E-state index is 12.5. The molecule has 4 rings (SSSR count). The van der Waals surface area contributed by atoms with E-state index >= 15 is 0 Å². The fourth-order valence-electron chi connectivity index (χ4n) is 2.56. The van der Waals surface area contributed by atoms with Crippen LogP contribution >= 0.6 is 39.6 Å². The highest BCUT2D eigenvalue weighted by Crippen LogP contribution is 2.53. The molecule has 2 aliphatic rings. The molecule has 2 aromatic rings. The molecule has 0 aliphatic carbocycles. The molecule has 2 aliphatic heterocycles. The molecule has 10 nitrogen and oxygen atoms in total. The van der Waals surface area contributed by atoms with Gasteiger partial charge in [0.15, 0.2) is 11.9 Å². The van der Waals surface area contributed by atoms with Crippen molar-refractivity contribution >= 4 is 45.6 Å². The fraction of sp³-hybridized carbons (Fsp3) is 0.316. The molecular weight excluding hydrogens is 521 g/mol. The first kappa shape index (κ1) is 24.7. The number of para-hydroxylation sites is 2. The Hall–Kier alpha value is -1.45. The Morgan fingerprint density at radius 1 is 0.939 bits per heavy atom. The van der Waals surface area contributed by atoms with E-state index in [1.54, 1.807) is 36.4 Å². The summed E-state index contributed by atoms with van der Waals surface area (Å²) in [5, 5.41) is 0.638. The van der Waals surface area contributed by atoms with Gasteiger partial charge in [-0.25, -0.2) is 9.36 Å². The lowest BCUT2D eigenvalue weighted by Crippen LogP contribution is -2.37. The zero-order valence-electron chi connectivity index (χ0n) is 16.8. The highest BCUT2D eigenvalue weighted by molar-refractivity contribution is 7.49. The van der Waals surface area contributed by atoms with E-state index < -0.39 is 34.6 Å². The Morgan fingerprint density at radius 3 is 2.21 bits per heavy atom. The third-order valence-electron chi connectivity index (χ3n) is 4.21. The highest BCUT2D eigenvalue weighted by Gasteiger charge is 2.43. The van der Waals surface area contributed by atoms with E-state index in [9.17, 15) is 9.36 Å². The topological polar surface area (TPSA) is 108 Å². The molecule has 0 radical (unpaired) electrons. The third-order valence-corrected chi connectivity index (χ3v) is 7.19. The van der Waals surface area contributed by atoms with Crippen LogP contribution in [0.25, 0.3) is 0 Å². The van der Waals surface area contributed by atoms with Gasteiger partial charge in [0.1, 0.15) is 18.6 Å². The summed E-state index contributed by atoms with van der Waals surface area (Å²) in [7, 11) is -5.78. The van der Waals surface area contributed by atoms with Crippen LogP contribution in [0.1, 0.15) is 0 Å². The van der Waals surface area contributed by atoms with Gasteiger partial charge in [-0.2, -0.15) is 0 Å². The number of phosphoric acid groups is 1. The summed E-state index contributed by atoms with van der Waals surface area (Å²) >= 11 is 12.0. The summed E-state index contributed by atoms with van der Waals surface area (Å²) in [4.78, 5) is 12.2. The zero-order chi connectivity index (χ0) is 23.3. The average Bonchev–Trinajstić information content (AvgIpc) is 2.80. The van der Waals surface area contributed by atoms with Gasteiger partial charge in [0.05, 0.1) is 29.9 Å². The molecule has 0 saturated carbocycles. The Morgan fingerprint density at radius 2 is 1.58 bits per heavy atom. The normalized spacial score (nSPS) is 27.6. The van der Waals surface area contributed by atoms with E-state index in [0.717, 1.165) is 0 Å². The molecule has 2 unspecified atom stereocenters. The minimum Gasteiger partial charge on any atom is -0.425 e. The van der Waals surface area contributed by atoms with Gasteiger partial charge in [0.2, 0.25) is 0 Å².